The Balaban J connectivity index is 1.71. The molecule has 18 heavy (non-hydrogen) atoms. The molecule has 0 unspecified atom stereocenters. The van der Waals surface area contributed by atoms with Crippen molar-refractivity contribution in [1.82, 2.24) is 14.9 Å². The molecule has 2 aliphatic carbocycles. The minimum atomic E-state index is -3.59. The average Bonchev–Trinajstić information content (AvgIpc) is 3.23. The molecule has 0 saturated heterocycles. The molecular formula is C11H17N3O3S. The summed E-state index contributed by atoms with van der Waals surface area (Å²) in [6, 6.07) is 0. The molecule has 0 amide bonds. The number of nitrogens with one attached hydrogen (secondary N) is 2. The maximum atomic E-state index is 12.1. The largest absolute Gasteiger partial charge is 0.392 e. The minimum Gasteiger partial charge on any atom is -0.392 e. The first kappa shape index (κ1) is 12.1. The van der Waals surface area contributed by atoms with Crippen LogP contribution in [0.1, 0.15) is 31.2 Å². The van der Waals surface area contributed by atoms with Crippen LogP contribution in [0.3, 0.4) is 0 Å². The molecule has 0 atom stereocenters. The molecule has 0 aromatic carbocycles. The predicted molar refractivity (Wildman–Crippen MR) is 64.1 cm³/mol. The van der Waals surface area contributed by atoms with E-state index in [4.69, 9.17) is 5.11 Å². The van der Waals surface area contributed by atoms with Gasteiger partial charge in [-0.1, -0.05) is 0 Å². The molecular weight excluding hydrogens is 254 g/mol. The van der Waals surface area contributed by atoms with Crippen LogP contribution in [-0.4, -0.2) is 30.3 Å². The summed E-state index contributed by atoms with van der Waals surface area (Å²) in [5.41, 5.74) is 0.519. The number of rotatable bonds is 6. The van der Waals surface area contributed by atoms with E-state index in [0.717, 1.165) is 12.8 Å². The van der Waals surface area contributed by atoms with Crippen LogP contribution < -0.4 is 4.72 Å². The highest BCUT2D eigenvalue weighted by Gasteiger charge is 2.53. The van der Waals surface area contributed by atoms with Crippen molar-refractivity contribution in [2.75, 3.05) is 6.54 Å². The zero-order valence-corrected chi connectivity index (χ0v) is 10.8. The Morgan fingerprint density at radius 3 is 2.78 bits per heavy atom. The first-order chi connectivity index (χ1) is 8.57. The number of aromatic nitrogens is 2. The third-order valence-electron chi connectivity index (χ3n) is 4.07. The quantitative estimate of drug-likeness (QED) is 0.696. The van der Waals surface area contributed by atoms with Gasteiger partial charge >= 0.3 is 0 Å². The highest BCUT2D eigenvalue weighted by atomic mass is 32.2. The topological polar surface area (TPSA) is 95.1 Å². The van der Waals surface area contributed by atoms with Crippen molar-refractivity contribution in [1.29, 1.82) is 0 Å². The van der Waals surface area contributed by atoms with E-state index in [9.17, 15) is 8.42 Å². The number of hydrogen-bond acceptors (Lipinski definition) is 4. The Morgan fingerprint density at radius 2 is 2.22 bits per heavy atom. The fourth-order valence-corrected chi connectivity index (χ4v) is 3.80. The monoisotopic (exact) mass is 271 g/mol. The Bertz CT molecular complexity index is 544. The molecule has 2 fully saturated rings. The molecule has 3 rings (SSSR count). The molecule has 100 valence electrons. The summed E-state index contributed by atoms with van der Waals surface area (Å²) in [6.45, 7) is 0.171. The van der Waals surface area contributed by atoms with Crippen LogP contribution in [0.5, 0.6) is 0 Å². The van der Waals surface area contributed by atoms with Gasteiger partial charge in [0.25, 0.3) is 10.0 Å². The van der Waals surface area contributed by atoms with Crippen molar-refractivity contribution in [3.05, 3.63) is 11.8 Å². The summed E-state index contributed by atoms with van der Waals surface area (Å²) in [7, 11) is -3.59. The maximum absolute atomic E-state index is 12.1. The third kappa shape index (κ3) is 2.06. The van der Waals surface area contributed by atoms with Crippen LogP contribution in [0, 0.1) is 11.3 Å². The zero-order valence-electron chi connectivity index (χ0n) is 10.0. The Morgan fingerprint density at radius 1 is 1.50 bits per heavy atom. The fraction of sp³-hybridized carbons (Fsp3) is 0.727. The van der Waals surface area contributed by atoms with Gasteiger partial charge in [0.05, 0.1) is 12.8 Å². The van der Waals surface area contributed by atoms with Crippen LogP contribution in [-0.2, 0) is 16.6 Å². The maximum Gasteiger partial charge on any atom is 0.257 e. The van der Waals surface area contributed by atoms with Crippen LogP contribution in [0.4, 0.5) is 0 Å². The summed E-state index contributed by atoms with van der Waals surface area (Å²) in [5.74, 6) is 0.708. The first-order valence-corrected chi connectivity index (χ1v) is 7.68. The zero-order chi connectivity index (χ0) is 12.8. The van der Waals surface area contributed by atoms with E-state index in [1.165, 1.54) is 19.0 Å². The van der Waals surface area contributed by atoms with Gasteiger partial charge in [-0.05, 0) is 37.0 Å². The van der Waals surface area contributed by atoms with E-state index >= 15 is 0 Å². The number of aliphatic hydroxyl groups excluding tert-OH is 1. The lowest BCUT2D eigenvalue weighted by atomic mass is 10.0. The molecule has 0 bridgehead atoms. The number of hydrogen-bond donors (Lipinski definition) is 3. The SMILES string of the molecule is O=S(=O)(NCC1(C2CC2)CC1)c1[nH]ncc1CO. The van der Waals surface area contributed by atoms with E-state index in [2.05, 4.69) is 14.9 Å². The number of sulfonamides is 1. The van der Waals surface area contributed by atoms with E-state index < -0.39 is 10.0 Å². The lowest BCUT2D eigenvalue weighted by molar-refractivity contribution is 0.278. The van der Waals surface area contributed by atoms with Gasteiger partial charge in [0.1, 0.15) is 0 Å². The summed E-state index contributed by atoms with van der Waals surface area (Å²) in [6.07, 6.45) is 6.04. The first-order valence-electron chi connectivity index (χ1n) is 6.20. The molecule has 6 nitrogen and oxygen atoms in total. The predicted octanol–water partition coefficient (Wildman–Crippen LogP) is 0.370. The van der Waals surface area contributed by atoms with Gasteiger partial charge in [-0.3, -0.25) is 5.10 Å². The van der Waals surface area contributed by atoms with Crippen molar-refractivity contribution in [2.24, 2.45) is 11.3 Å². The Labute approximate surface area is 106 Å². The van der Waals surface area contributed by atoms with Crippen molar-refractivity contribution in [3.63, 3.8) is 0 Å². The van der Waals surface area contributed by atoms with Gasteiger partial charge < -0.3 is 5.11 Å². The number of aromatic amines is 1. The van der Waals surface area contributed by atoms with Gasteiger partial charge in [0.15, 0.2) is 5.03 Å². The molecule has 2 aliphatic rings. The van der Waals surface area contributed by atoms with Crippen LogP contribution >= 0.6 is 0 Å². The molecule has 7 heteroatoms. The lowest BCUT2D eigenvalue weighted by Gasteiger charge is -2.14. The van der Waals surface area contributed by atoms with E-state index in [-0.39, 0.29) is 17.0 Å². The van der Waals surface area contributed by atoms with Gasteiger partial charge in [-0.15, -0.1) is 0 Å². The van der Waals surface area contributed by atoms with E-state index in [1.807, 2.05) is 0 Å². The van der Waals surface area contributed by atoms with Crippen molar-refractivity contribution < 1.29 is 13.5 Å². The second-order valence-electron chi connectivity index (χ2n) is 5.34. The fourth-order valence-electron chi connectivity index (χ4n) is 2.54. The van der Waals surface area contributed by atoms with E-state index in [0.29, 0.717) is 18.0 Å². The number of aliphatic hydroxyl groups is 1. The molecule has 0 aliphatic heterocycles. The summed E-state index contributed by atoms with van der Waals surface area (Å²) in [5, 5.41) is 15.1. The minimum absolute atomic E-state index is 0.0170. The standard InChI is InChI=1S/C11H17N3O3S/c15-6-8-5-12-14-10(8)18(16,17)13-7-11(3-4-11)9-1-2-9/h5,9,13,15H,1-4,6-7H2,(H,12,14). The van der Waals surface area contributed by atoms with Gasteiger partial charge in [-0.2, -0.15) is 5.10 Å². The second kappa shape index (κ2) is 4.04. The molecule has 3 N–H and O–H groups in total. The highest BCUT2D eigenvalue weighted by molar-refractivity contribution is 7.89. The van der Waals surface area contributed by atoms with Crippen molar-refractivity contribution >= 4 is 10.0 Å². The Hall–Kier alpha value is -0.920. The number of H-pyrrole nitrogens is 1. The van der Waals surface area contributed by atoms with E-state index in [1.54, 1.807) is 0 Å². The van der Waals surface area contributed by atoms with Gasteiger partial charge in [-0.25, -0.2) is 13.1 Å². The summed E-state index contributed by atoms with van der Waals surface area (Å²) >= 11 is 0. The summed E-state index contributed by atoms with van der Waals surface area (Å²) < 4.78 is 26.8. The highest BCUT2D eigenvalue weighted by Crippen LogP contribution is 2.60. The van der Waals surface area contributed by atoms with Crippen LogP contribution in [0.15, 0.2) is 11.2 Å². The molecule has 1 aromatic heterocycles. The molecule has 1 aromatic rings. The molecule has 0 spiro atoms. The van der Waals surface area contributed by atoms with Gasteiger partial charge in [0, 0.05) is 12.1 Å². The average molecular weight is 271 g/mol. The van der Waals surface area contributed by atoms with Crippen LogP contribution in [0.25, 0.3) is 0 Å². The van der Waals surface area contributed by atoms with Crippen LogP contribution in [0.2, 0.25) is 0 Å². The van der Waals surface area contributed by atoms with Crippen molar-refractivity contribution in [3.8, 4) is 0 Å². The smallest absolute Gasteiger partial charge is 0.257 e. The summed E-state index contributed by atoms with van der Waals surface area (Å²) in [4.78, 5) is 0. The molecule has 2 saturated carbocycles. The third-order valence-corrected chi connectivity index (χ3v) is 5.48. The lowest BCUT2D eigenvalue weighted by Crippen LogP contribution is -2.32. The van der Waals surface area contributed by atoms with Crippen molar-refractivity contribution in [2.45, 2.75) is 37.3 Å². The molecule has 0 radical (unpaired) electrons. The second-order valence-corrected chi connectivity index (χ2v) is 7.05. The number of nitrogens with zero attached hydrogens (tertiary/aromatic N) is 1. The van der Waals surface area contributed by atoms with Gasteiger partial charge in [0.2, 0.25) is 0 Å². The normalized spacial score (nSPS) is 22.1. The molecule has 1 heterocycles. The Kier molecular flexibility index (Phi) is 2.72.